The minimum atomic E-state index is -0.965. The number of amides is 1. The summed E-state index contributed by atoms with van der Waals surface area (Å²) in [5.74, 6) is -2.14. The molecule has 0 aromatic heterocycles. The van der Waals surface area contributed by atoms with Crippen LogP contribution < -0.4 is 10.6 Å². The standard InChI is InChI=1S/C11H12F2N2O/c12-9-4-3-8(5-10(9)13)15-11(16)6-14-7-1-2-7/h3-5,7,14H,1-2,6H2,(H,15,16). The lowest BCUT2D eigenvalue weighted by atomic mass is 10.3. The van der Waals surface area contributed by atoms with E-state index >= 15 is 0 Å². The predicted octanol–water partition coefficient (Wildman–Crippen LogP) is 1.66. The van der Waals surface area contributed by atoms with Gasteiger partial charge in [0.15, 0.2) is 11.6 Å². The number of halogens is 2. The van der Waals surface area contributed by atoms with Gasteiger partial charge in [-0.25, -0.2) is 8.78 Å². The lowest BCUT2D eigenvalue weighted by Gasteiger charge is -2.06. The molecule has 0 unspecified atom stereocenters. The normalized spacial score (nSPS) is 14.9. The summed E-state index contributed by atoms with van der Waals surface area (Å²) in [6.07, 6.45) is 2.19. The zero-order valence-corrected chi connectivity index (χ0v) is 8.59. The Hall–Kier alpha value is -1.49. The molecule has 1 aromatic rings. The van der Waals surface area contributed by atoms with E-state index in [4.69, 9.17) is 0 Å². The van der Waals surface area contributed by atoms with Crippen molar-refractivity contribution in [1.29, 1.82) is 0 Å². The fourth-order valence-electron chi connectivity index (χ4n) is 1.30. The molecule has 0 spiro atoms. The van der Waals surface area contributed by atoms with Gasteiger partial charge >= 0.3 is 0 Å². The molecule has 0 aliphatic heterocycles. The topological polar surface area (TPSA) is 41.1 Å². The number of rotatable bonds is 4. The molecule has 1 amide bonds. The lowest BCUT2D eigenvalue weighted by Crippen LogP contribution is -2.29. The monoisotopic (exact) mass is 226 g/mol. The molecule has 0 atom stereocenters. The van der Waals surface area contributed by atoms with Crippen LogP contribution in [0.3, 0.4) is 0 Å². The highest BCUT2D eigenvalue weighted by Gasteiger charge is 2.21. The maximum absolute atomic E-state index is 12.8. The first-order chi connectivity index (χ1) is 7.65. The molecule has 86 valence electrons. The molecular formula is C11H12F2N2O. The van der Waals surface area contributed by atoms with Gasteiger partial charge in [0.05, 0.1) is 6.54 Å². The molecule has 1 fully saturated rings. The van der Waals surface area contributed by atoms with Crippen molar-refractivity contribution >= 4 is 11.6 Å². The van der Waals surface area contributed by atoms with Crippen molar-refractivity contribution in [3.05, 3.63) is 29.8 Å². The smallest absolute Gasteiger partial charge is 0.238 e. The molecule has 1 aliphatic rings. The Morgan fingerprint density at radius 1 is 1.31 bits per heavy atom. The first-order valence-electron chi connectivity index (χ1n) is 5.13. The van der Waals surface area contributed by atoms with E-state index in [2.05, 4.69) is 10.6 Å². The summed E-state index contributed by atoms with van der Waals surface area (Å²) in [7, 11) is 0. The van der Waals surface area contributed by atoms with Crippen molar-refractivity contribution in [3.8, 4) is 0 Å². The molecule has 1 aliphatic carbocycles. The molecular weight excluding hydrogens is 214 g/mol. The molecule has 0 saturated heterocycles. The number of carbonyl (C=O) groups excluding carboxylic acids is 1. The second-order valence-corrected chi connectivity index (χ2v) is 3.83. The maximum Gasteiger partial charge on any atom is 0.238 e. The molecule has 1 saturated carbocycles. The summed E-state index contributed by atoms with van der Waals surface area (Å²) >= 11 is 0. The van der Waals surface area contributed by atoms with Gasteiger partial charge in [0.1, 0.15) is 0 Å². The van der Waals surface area contributed by atoms with E-state index in [0.717, 1.165) is 25.0 Å². The van der Waals surface area contributed by atoms with Crippen LogP contribution in [0.1, 0.15) is 12.8 Å². The van der Waals surface area contributed by atoms with Crippen LogP contribution >= 0.6 is 0 Å². The van der Waals surface area contributed by atoms with Crippen LogP contribution in [0.4, 0.5) is 14.5 Å². The largest absolute Gasteiger partial charge is 0.325 e. The summed E-state index contributed by atoms with van der Waals surface area (Å²) < 4.78 is 25.4. The summed E-state index contributed by atoms with van der Waals surface area (Å²) in [4.78, 5) is 11.4. The van der Waals surface area contributed by atoms with Crippen LogP contribution in [-0.4, -0.2) is 18.5 Å². The van der Waals surface area contributed by atoms with Crippen molar-refractivity contribution in [2.24, 2.45) is 0 Å². The molecule has 2 N–H and O–H groups in total. The van der Waals surface area contributed by atoms with Gasteiger partial charge in [0.25, 0.3) is 0 Å². The maximum atomic E-state index is 12.8. The van der Waals surface area contributed by atoms with Gasteiger partial charge in [-0.15, -0.1) is 0 Å². The van der Waals surface area contributed by atoms with Crippen molar-refractivity contribution in [2.75, 3.05) is 11.9 Å². The van der Waals surface area contributed by atoms with Gasteiger partial charge in [0, 0.05) is 17.8 Å². The van der Waals surface area contributed by atoms with Gasteiger partial charge in [-0.1, -0.05) is 0 Å². The lowest BCUT2D eigenvalue weighted by molar-refractivity contribution is -0.115. The first-order valence-corrected chi connectivity index (χ1v) is 5.13. The minimum absolute atomic E-state index is 0.198. The number of nitrogens with one attached hydrogen (secondary N) is 2. The van der Waals surface area contributed by atoms with E-state index in [9.17, 15) is 13.6 Å². The summed E-state index contributed by atoms with van der Waals surface area (Å²) in [5, 5.41) is 5.51. The third-order valence-corrected chi connectivity index (χ3v) is 2.33. The Kier molecular flexibility index (Phi) is 3.14. The Balaban J connectivity index is 1.86. The molecule has 0 heterocycles. The molecule has 1 aromatic carbocycles. The quantitative estimate of drug-likeness (QED) is 0.819. The van der Waals surface area contributed by atoms with Gasteiger partial charge in [0.2, 0.25) is 5.91 Å². The molecule has 0 bridgehead atoms. The SMILES string of the molecule is O=C(CNC1CC1)Nc1ccc(F)c(F)c1. The van der Waals surface area contributed by atoms with Gasteiger partial charge in [-0.2, -0.15) is 0 Å². The third-order valence-electron chi connectivity index (χ3n) is 2.33. The fourth-order valence-corrected chi connectivity index (χ4v) is 1.30. The molecule has 2 rings (SSSR count). The Morgan fingerprint density at radius 3 is 2.69 bits per heavy atom. The Morgan fingerprint density at radius 2 is 2.06 bits per heavy atom. The highest BCUT2D eigenvalue weighted by Crippen LogP contribution is 2.18. The average molecular weight is 226 g/mol. The van der Waals surface area contributed by atoms with Crippen molar-refractivity contribution in [1.82, 2.24) is 5.32 Å². The van der Waals surface area contributed by atoms with Crippen molar-refractivity contribution in [2.45, 2.75) is 18.9 Å². The van der Waals surface area contributed by atoms with Crippen molar-refractivity contribution < 1.29 is 13.6 Å². The highest BCUT2D eigenvalue weighted by atomic mass is 19.2. The number of carbonyl (C=O) groups is 1. The molecule has 16 heavy (non-hydrogen) atoms. The van der Waals surface area contributed by atoms with E-state index in [0.29, 0.717) is 6.04 Å². The first kappa shape index (κ1) is 11.0. The van der Waals surface area contributed by atoms with Crippen LogP contribution in [0.2, 0.25) is 0 Å². The van der Waals surface area contributed by atoms with Crippen LogP contribution in [0.15, 0.2) is 18.2 Å². The number of hydrogen-bond donors (Lipinski definition) is 2. The second kappa shape index (κ2) is 4.57. The van der Waals surface area contributed by atoms with Gasteiger partial charge in [-0.05, 0) is 25.0 Å². The van der Waals surface area contributed by atoms with E-state index in [1.54, 1.807) is 0 Å². The van der Waals surface area contributed by atoms with Gasteiger partial charge < -0.3 is 10.6 Å². The molecule has 5 heteroatoms. The van der Waals surface area contributed by atoms with Crippen LogP contribution in [0.25, 0.3) is 0 Å². The second-order valence-electron chi connectivity index (χ2n) is 3.83. The van der Waals surface area contributed by atoms with Crippen LogP contribution in [0.5, 0.6) is 0 Å². The number of benzene rings is 1. The van der Waals surface area contributed by atoms with Gasteiger partial charge in [-0.3, -0.25) is 4.79 Å². The van der Waals surface area contributed by atoms with Crippen LogP contribution in [0, 0.1) is 11.6 Å². The predicted molar refractivity (Wildman–Crippen MR) is 56.0 cm³/mol. The zero-order valence-electron chi connectivity index (χ0n) is 8.59. The Labute approximate surface area is 91.8 Å². The van der Waals surface area contributed by atoms with Crippen molar-refractivity contribution in [3.63, 3.8) is 0 Å². The van der Waals surface area contributed by atoms with E-state index in [-0.39, 0.29) is 18.1 Å². The highest BCUT2D eigenvalue weighted by molar-refractivity contribution is 5.92. The summed E-state index contributed by atoms with van der Waals surface area (Å²) in [6.45, 7) is 0.198. The van der Waals surface area contributed by atoms with Crippen LogP contribution in [-0.2, 0) is 4.79 Å². The van der Waals surface area contributed by atoms with E-state index < -0.39 is 11.6 Å². The third kappa shape index (κ3) is 3.00. The molecule has 3 nitrogen and oxygen atoms in total. The van der Waals surface area contributed by atoms with E-state index in [1.165, 1.54) is 6.07 Å². The number of hydrogen-bond acceptors (Lipinski definition) is 2. The summed E-state index contributed by atoms with van der Waals surface area (Å²) in [5.41, 5.74) is 0.265. The summed E-state index contributed by atoms with van der Waals surface area (Å²) in [6, 6.07) is 3.72. The Bertz CT molecular complexity index is 405. The average Bonchev–Trinajstić information content (AvgIpc) is 3.04. The van der Waals surface area contributed by atoms with E-state index in [1.807, 2.05) is 0 Å². The number of anilines is 1. The zero-order chi connectivity index (χ0) is 11.5. The molecule has 0 radical (unpaired) electrons. The fraction of sp³-hybridized carbons (Fsp3) is 0.364. The minimum Gasteiger partial charge on any atom is -0.325 e.